The number of aliphatic hydroxyl groups is 1. The molecule has 1 aliphatic heterocycles. The molecule has 3 atom stereocenters. The topological polar surface area (TPSA) is 43.8 Å². The van der Waals surface area contributed by atoms with Crippen molar-refractivity contribution >= 4 is 28.8 Å². The molecule has 1 saturated heterocycles. The van der Waals surface area contributed by atoms with E-state index in [-0.39, 0.29) is 12.0 Å². The maximum absolute atomic E-state index is 12.3. The van der Waals surface area contributed by atoms with Crippen molar-refractivity contribution in [2.45, 2.75) is 25.5 Å². The van der Waals surface area contributed by atoms with Crippen LogP contribution in [0.2, 0.25) is 4.34 Å². The van der Waals surface area contributed by atoms with Crippen LogP contribution in [0.15, 0.2) is 12.1 Å². The van der Waals surface area contributed by atoms with Crippen LogP contribution in [0.4, 0.5) is 0 Å². The lowest BCUT2D eigenvalue weighted by Gasteiger charge is -2.22. The molecule has 0 aromatic carbocycles. The number of halogens is 1. The quantitative estimate of drug-likeness (QED) is 0.920. The van der Waals surface area contributed by atoms with Crippen LogP contribution >= 0.6 is 22.9 Å². The fourth-order valence-electron chi connectivity index (χ4n) is 3.53. The molecular formula is C15H21ClN2O2S. The molecule has 1 saturated carbocycles. The van der Waals surface area contributed by atoms with E-state index in [0.29, 0.717) is 24.9 Å². The minimum atomic E-state index is -0.166. The van der Waals surface area contributed by atoms with Crippen LogP contribution in [0, 0.1) is 11.8 Å². The molecular weight excluding hydrogens is 308 g/mol. The zero-order valence-corrected chi connectivity index (χ0v) is 13.7. The van der Waals surface area contributed by atoms with Crippen molar-refractivity contribution in [3.63, 3.8) is 0 Å². The summed E-state index contributed by atoms with van der Waals surface area (Å²) < 4.78 is 0.757. The largest absolute Gasteiger partial charge is 0.393 e. The van der Waals surface area contributed by atoms with Crippen LogP contribution in [0.5, 0.6) is 0 Å². The van der Waals surface area contributed by atoms with Crippen LogP contribution in [0.25, 0.3) is 0 Å². The van der Waals surface area contributed by atoms with Gasteiger partial charge >= 0.3 is 0 Å². The molecule has 0 spiro atoms. The van der Waals surface area contributed by atoms with E-state index in [1.165, 1.54) is 11.3 Å². The fourth-order valence-corrected chi connectivity index (χ4v) is 4.67. The van der Waals surface area contributed by atoms with Crippen LogP contribution < -0.4 is 0 Å². The van der Waals surface area contributed by atoms with E-state index in [2.05, 4.69) is 4.90 Å². The van der Waals surface area contributed by atoms with Crippen molar-refractivity contribution in [1.29, 1.82) is 0 Å². The number of nitrogens with zero attached hydrogens (tertiary/aromatic N) is 2. The van der Waals surface area contributed by atoms with Crippen LogP contribution in [-0.4, -0.2) is 53.6 Å². The van der Waals surface area contributed by atoms with Crippen molar-refractivity contribution in [3.8, 4) is 0 Å². The molecule has 1 N–H and O–H groups in total. The predicted octanol–water partition coefficient (Wildman–Crippen LogP) is 2.06. The third-order valence-corrected chi connectivity index (χ3v) is 5.92. The molecule has 4 nitrogen and oxygen atoms in total. The van der Waals surface area contributed by atoms with Crippen LogP contribution in [0.3, 0.4) is 0 Å². The number of aliphatic hydroxyl groups excluding tert-OH is 1. The van der Waals surface area contributed by atoms with E-state index in [9.17, 15) is 9.90 Å². The van der Waals surface area contributed by atoms with Gasteiger partial charge in [0.2, 0.25) is 5.91 Å². The van der Waals surface area contributed by atoms with Gasteiger partial charge in [-0.2, -0.15) is 0 Å². The van der Waals surface area contributed by atoms with Crippen molar-refractivity contribution in [3.05, 3.63) is 21.3 Å². The molecule has 0 radical (unpaired) electrons. The normalized spacial score (nSPS) is 28.8. The molecule has 21 heavy (non-hydrogen) atoms. The number of hydrogen-bond acceptors (Lipinski definition) is 4. The summed E-state index contributed by atoms with van der Waals surface area (Å²) in [7, 11) is 1.84. The number of carbonyl (C=O) groups is 1. The SMILES string of the molecule is CN(Cc1ccc(Cl)s1)C(=O)CN1CC2CCC(O)C2C1. The molecule has 0 bridgehead atoms. The Bertz CT molecular complexity index is 522. The summed E-state index contributed by atoms with van der Waals surface area (Å²) in [4.78, 5) is 17.4. The van der Waals surface area contributed by atoms with Gasteiger partial charge in [0.15, 0.2) is 0 Å². The molecule has 2 fully saturated rings. The van der Waals surface area contributed by atoms with Gasteiger partial charge in [0.1, 0.15) is 0 Å². The smallest absolute Gasteiger partial charge is 0.236 e. The Hall–Kier alpha value is -0.620. The zero-order chi connectivity index (χ0) is 15.0. The number of likely N-dealkylation sites (tertiary alicyclic amines) is 1. The molecule has 6 heteroatoms. The average molecular weight is 329 g/mol. The fraction of sp³-hybridized carbons (Fsp3) is 0.667. The van der Waals surface area contributed by atoms with E-state index in [4.69, 9.17) is 11.6 Å². The van der Waals surface area contributed by atoms with Gasteiger partial charge in [0.05, 0.1) is 23.5 Å². The van der Waals surface area contributed by atoms with E-state index >= 15 is 0 Å². The predicted molar refractivity (Wildman–Crippen MR) is 84.5 cm³/mol. The molecule has 1 aliphatic carbocycles. The Morgan fingerprint density at radius 3 is 2.95 bits per heavy atom. The second-order valence-electron chi connectivity index (χ2n) is 6.22. The highest BCUT2D eigenvalue weighted by Crippen LogP contribution is 2.37. The average Bonchev–Trinajstić information content (AvgIpc) is 3.09. The monoisotopic (exact) mass is 328 g/mol. The zero-order valence-electron chi connectivity index (χ0n) is 12.2. The first-order chi connectivity index (χ1) is 10.0. The highest BCUT2D eigenvalue weighted by Gasteiger charge is 2.42. The Labute approximate surface area is 134 Å². The number of thiophene rings is 1. The summed E-state index contributed by atoms with van der Waals surface area (Å²) in [5.74, 6) is 1.09. The maximum Gasteiger partial charge on any atom is 0.236 e. The van der Waals surface area contributed by atoms with E-state index < -0.39 is 0 Å². The number of hydrogen-bond donors (Lipinski definition) is 1. The molecule has 1 amide bonds. The van der Waals surface area contributed by atoms with E-state index in [1.807, 2.05) is 19.2 Å². The van der Waals surface area contributed by atoms with E-state index in [1.54, 1.807) is 4.90 Å². The van der Waals surface area contributed by atoms with Crippen molar-refractivity contribution in [2.75, 3.05) is 26.7 Å². The number of rotatable bonds is 4. The number of likely N-dealkylation sites (N-methyl/N-ethyl adjacent to an activating group) is 1. The Balaban J connectivity index is 1.50. The summed E-state index contributed by atoms with van der Waals surface area (Å²) in [6.07, 6.45) is 1.86. The first-order valence-corrected chi connectivity index (χ1v) is 8.61. The van der Waals surface area contributed by atoms with Gasteiger partial charge in [0.25, 0.3) is 0 Å². The second kappa shape index (κ2) is 6.24. The van der Waals surface area contributed by atoms with Crippen molar-refractivity contribution in [1.82, 2.24) is 9.80 Å². The number of amides is 1. The first-order valence-electron chi connectivity index (χ1n) is 7.41. The van der Waals surface area contributed by atoms with Crippen molar-refractivity contribution in [2.24, 2.45) is 11.8 Å². The molecule has 3 rings (SSSR count). The van der Waals surface area contributed by atoms with Gasteiger partial charge in [-0.1, -0.05) is 11.6 Å². The van der Waals surface area contributed by atoms with Gasteiger partial charge in [-0.05, 0) is 30.9 Å². The van der Waals surface area contributed by atoms with Gasteiger partial charge in [-0.25, -0.2) is 0 Å². The molecule has 1 aromatic heterocycles. The molecule has 2 aliphatic rings. The Kier molecular flexibility index (Phi) is 4.54. The summed E-state index contributed by atoms with van der Waals surface area (Å²) >= 11 is 7.43. The lowest BCUT2D eigenvalue weighted by atomic mass is 10.00. The third kappa shape index (κ3) is 3.42. The Morgan fingerprint density at radius 1 is 1.48 bits per heavy atom. The number of carbonyl (C=O) groups excluding carboxylic acids is 1. The summed E-state index contributed by atoms with van der Waals surface area (Å²) in [6, 6.07) is 3.83. The second-order valence-corrected chi connectivity index (χ2v) is 8.02. The highest BCUT2D eigenvalue weighted by atomic mass is 35.5. The highest BCUT2D eigenvalue weighted by molar-refractivity contribution is 7.16. The summed E-state index contributed by atoms with van der Waals surface area (Å²) in [5.41, 5.74) is 0. The van der Waals surface area contributed by atoms with Crippen LogP contribution in [-0.2, 0) is 11.3 Å². The molecule has 2 heterocycles. The van der Waals surface area contributed by atoms with Crippen molar-refractivity contribution < 1.29 is 9.90 Å². The maximum atomic E-state index is 12.3. The lowest BCUT2D eigenvalue weighted by Crippen LogP contribution is -2.37. The van der Waals surface area contributed by atoms with Gasteiger partial charge in [0, 0.05) is 30.9 Å². The van der Waals surface area contributed by atoms with E-state index in [0.717, 1.165) is 35.1 Å². The molecule has 116 valence electrons. The van der Waals surface area contributed by atoms with Gasteiger partial charge in [-0.15, -0.1) is 11.3 Å². The Morgan fingerprint density at radius 2 is 2.29 bits per heavy atom. The minimum Gasteiger partial charge on any atom is -0.393 e. The lowest BCUT2D eigenvalue weighted by molar-refractivity contribution is -0.131. The minimum absolute atomic E-state index is 0.133. The summed E-state index contributed by atoms with van der Waals surface area (Å²) in [6.45, 7) is 2.87. The van der Waals surface area contributed by atoms with Gasteiger partial charge in [-0.3, -0.25) is 9.69 Å². The van der Waals surface area contributed by atoms with Crippen LogP contribution in [0.1, 0.15) is 17.7 Å². The first kappa shape index (κ1) is 15.3. The molecule has 3 unspecified atom stereocenters. The standard InChI is InChI=1S/C15H21ClN2O2S/c1-17(7-11-3-5-14(16)21-11)15(20)9-18-6-10-2-4-13(19)12(10)8-18/h3,5,10,12-13,19H,2,4,6-9H2,1H3. The summed E-state index contributed by atoms with van der Waals surface area (Å²) in [5, 5.41) is 9.92. The number of fused-ring (bicyclic) bond motifs is 1. The van der Waals surface area contributed by atoms with Gasteiger partial charge < -0.3 is 10.0 Å². The molecule has 1 aromatic rings. The third-order valence-electron chi connectivity index (χ3n) is 4.70.